The summed E-state index contributed by atoms with van der Waals surface area (Å²) < 4.78 is 5.03. The van der Waals surface area contributed by atoms with Gasteiger partial charge in [0.2, 0.25) is 5.91 Å². The number of carboxylic acids is 1. The third-order valence-corrected chi connectivity index (χ3v) is 3.12. The summed E-state index contributed by atoms with van der Waals surface area (Å²) in [6.07, 6.45) is 0.292. The van der Waals surface area contributed by atoms with Crippen molar-refractivity contribution in [2.75, 3.05) is 6.61 Å². The molecule has 0 aliphatic carbocycles. The predicted octanol–water partition coefficient (Wildman–Crippen LogP) is -0.165. The van der Waals surface area contributed by atoms with Gasteiger partial charge in [-0.15, -0.1) is 0 Å². The van der Waals surface area contributed by atoms with Crippen molar-refractivity contribution in [2.24, 2.45) is 5.73 Å². The molecule has 2 atom stereocenters. The molecule has 0 bridgehead atoms. The maximum absolute atomic E-state index is 11.2. The van der Waals surface area contributed by atoms with Gasteiger partial charge < -0.3 is 25.8 Å². The van der Waals surface area contributed by atoms with E-state index in [0.717, 1.165) is 5.56 Å². The van der Waals surface area contributed by atoms with E-state index in [1.54, 1.807) is 24.3 Å². The fourth-order valence-corrected chi connectivity index (χ4v) is 1.87. The highest BCUT2D eigenvalue weighted by molar-refractivity contribution is 6.45. The summed E-state index contributed by atoms with van der Waals surface area (Å²) in [7, 11) is -1.38. The van der Waals surface area contributed by atoms with Gasteiger partial charge in [0.15, 0.2) is 0 Å². The number of nitrogens with one attached hydrogen (secondary N) is 1. The molecule has 0 heterocycles. The Labute approximate surface area is 133 Å². The largest absolute Gasteiger partial charge is 0.480 e. The van der Waals surface area contributed by atoms with Gasteiger partial charge in [-0.2, -0.15) is 0 Å². The van der Waals surface area contributed by atoms with Crippen LogP contribution in [0.1, 0.15) is 12.5 Å². The molecule has 0 saturated carbocycles. The summed E-state index contributed by atoms with van der Waals surface area (Å²) >= 11 is 5.80. The first-order valence-corrected chi connectivity index (χ1v) is 6.97. The van der Waals surface area contributed by atoms with Crippen molar-refractivity contribution in [3.63, 3.8) is 0 Å². The molecule has 9 heteroatoms. The number of hydrogen-bond acceptors (Lipinski definition) is 5. The number of carbonyl (C=O) groups excluding carboxylic acids is 1. The molecule has 0 fully saturated rings. The molecular formula is C13H18BClN2O5. The molecule has 1 amide bonds. The molecule has 1 aromatic rings. The van der Waals surface area contributed by atoms with Gasteiger partial charge in [0.25, 0.3) is 0 Å². The number of nitrogens with two attached hydrogens (primary N) is 1. The van der Waals surface area contributed by atoms with Crippen molar-refractivity contribution in [1.29, 1.82) is 0 Å². The Morgan fingerprint density at radius 2 is 2.00 bits per heavy atom. The lowest BCUT2D eigenvalue weighted by Crippen LogP contribution is -2.50. The molecule has 120 valence electrons. The molecule has 0 radical (unpaired) electrons. The van der Waals surface area contributed by atoms with Crippen LogP contribution in [0.3, 0.4) is 0 Å². The summed E-state index contributed by atoms with van der Waals surface area (Å²) in [6, 6.07) is 5.65. The van der Waals surface area contributed by atoms with Crippen LogP contribution in [-0.4, -0.2) is 47.7 Å². The number of amides is 1. The van der Waals surface area contributed by atoms with Gasteiger partial charge in [0.05, 0.1) is 12.5 Å². The quantitative estimate of drug-likeness (QED) is 0.492. The molecular weight excluding hydrogens is 310 g/mol. The number of carboxylic acid groups (broad SMARTS) is 1. The van der Waals surface area contributed by atoms with Crippen LogP contribution in [0.15, 0.2) is 24.3 Å². The third-order valence-electron chi connectivity index (χ3n) is 2.87. The van der Waals surface area contributed by atoms with Crippen molar-refractivity contribution in [3.8, 4) is 0 Å². The molecule has 0 aliphatic rings. The zero-order valence-corrected chi connectivity index (χ0v) is 12.8. The van der Waals surface area contributed by atoms with E-state index >= 15 is 0 Å². The lowest BCUT2D eigenvalue weighted by atomic mass is 9.75. The molecule has 0 saturated heterocycles. The second-order valence-electron chi connectivity index (χ2n) is 4.81. The molecule has 22 heavy (non-hydrogen) atoms. The molecule has 0 aromatic heterocycles. The minimum atomic E-state index is -1.38. The molecule has 1 aromatic carbocycles. The standard InChI is InChI=1S/C13H18BClN2O5/c1-8(18)17-12(6-9-2-4-10(15)5-3-9)14(21)22-7-11(16)13(19)20/h2-5,11-12,21H,6-7,16H2,1H3,(H,17,18)(H,19,20)/t11-,12+/m0/s1. The van der Waals surface area contributed by atoms with E-state index < -0.39 is 25.1 Å². The summed E-state index contributed by atoms with van der Waals surface area (Å²) in [5, 5.41) is 21.8. The normalized spacial score (nSPS) is 13.3. The van der Waals surface area contributed by atoms with Gasteiger partial charge in [0, 0.05) is 11.9 Å². The monoisotopic (exact) mass is 328 g/mol. The minimum absolute atomic E-state index is 0.292. The van der Waals surface area contributed by atoms with Crippen molar-refractivity contribution in [3.05, 3.63) is 34.9 Å². The lowest BCUT2D eigenvalue weighted by molar-refractivity contribution is -0.139. The van der Waals surface area contributed by atoms with Crippen LogP contribution < -0.4 is 11.1 Å². The maximum atomic E-state index is 11.2. The zero-order valence-electron chi connectivity index (χ0n) is 12.0. The van der Waals surface area contributed by atoms with Gasteiger partial charge in [-0.1, -0.05) is 23.7 Å². The highest BCUT2D eigenvalue weighted by Crippen LogP contribution is 2.12. The zero-order chi connectivity index (χ0) is 16.7. The maximum Gasteiger partial charge on any atom is 0.478 e. The Bertz CT molecular complexity index is 514. The second kappa shape index (κ2) is 8.74. The summed E-state index contributed by atoms with van der Waals surface area (Å²) in [5.41, 5.74) is 6.12. The SMILES string of the molecule is CC(=O)N[C@H](Cc1ccc(Cl)cc1)B(O)OC[C@H](N)C(=O)O. The molecule has 1 rings (SSSR count). The van der Waals surface area contributed by atoms with Crippen LogP contribution in [0.5, 0.6) is 0 Å². The Hall–Kier alpha value is -1.61. The number of hydrogen-bond donors (Lipinski definition) is 4. The fraction of sp³-hybridized carbons (Fsp3) is 0.385. The molecule has 0 spiro atoms. The predicted molar refractivity (Wildman–Crippen MR) is 82.3 cm³/mol. The number of aliphatic carboxylic acids is 1. The van der Waals surface area contributed by atoms with E-state index in [2.05, 4.69) is 5.32 Å². The van der Waals surface area contributed by atoms with Gasteiger partial charge >= 0.3 is 13.1 Å². The van der Waals surface area contributed by atoms with Crippen LogP contribution in [-0.2, 0) is 20.7 Å². The Balaban J connectivity index is 2.68. The van der Waals surface area contributed by atoms with E-state index in [4.69, 9.17) is 27.1 Å². The average molecular weight is 329 g/mol. The van der Waals surface area contributed by atoms with Crippen LogP contribution in [0.4, 0.5) is 0 Å². The van der Waals surface area contributed by atoms with Crippen molar-refractivity contribution >= 4 is 30.6 Å². The molecule has 0 aliphatic heterocycles. The number of rotatable bonds is 8. The van der Waals surface area contributed by atoms with E-state index in [9.17, 15) is 14.6 Å². The van der Waals surface area contributed by atoms with Gasteiger partial charge in [-0.3, -0.25) is 9.59 Å². The van der Waals surface area contributed by atoms with E-state index in [1.165, 1.54) is 6.92 Å². The summed E-state index contributed by atoms with van der Waals surface area (Å²) in [4.78, 5) is 21.8. The number of halogens is 1. The van der Waals surface area contributed by atoms with E-state index in [-0.39, 0.29) is 12.5 Å². The average Bonchev–Trinajstić information content (AvgIpc) is 2.45. The smallest absolute Gasteiger partial charge is 0.478 e. The van der Waals surface area contributed by atoms with Crippen LogP contribution in [0.25, 0.3) is 0 Å². The van der Waals surface area contributed by atoms with Crippen LogP contribution in [0.2, 0.25) is 5.02 Å². The van der Waals surface area contributed by atoms with Crippen molar-refractivity contribution < 1.29 is 24.4 Å². The molecule has 5 N–H and O–H groups in total. The lowest BCUT2D eigenvalue weighted by Gasteiger charge is -2.21. The van der Waals surface area contributed by atoms with Gasteiger partial charge in [-0.05, 0) is 24.1 Å². The summed E-state index contributed by atoms with van der Waals surface area (Å²) in [6.45, 7) is 0.942. The molecule has 0 unspecified atom stereocenters. The first-order chi connectivity index (χ1) is 10.3. The minimum Gasteiger partial charge on any atom is -0.480 e. The van der Waals surface area contributed by atoms with Crippen LogP contribution >= 0.6 is 11.6 Å². The fourth-order valence-electron chi connectivity index (χ4n) is 1.75. The first kappa shape index (κ1) is 18.4. The molecule has 7 nitrogen and oxygen atoms in total. The second-order valence-corrected chi connectivity index (χ2v) is 5.24. The third kappa shape index (κ3) is 6.44. The van der Waals surface area contributed by atoms with E-state index in [0.29, 0.717) is 11.4 Å². The van der Waals surface area contributed by atoms with Crippen molar-refractivity contribution in [1.82, 2.24) is 5.32 Å². The Kier molecular flexibility index (Phi) is 7.33. The number of benzene rings is 1. The van der Waals surface area contributed by atoms with Gasteiger partial charge in [-0.25, -0.2) is 0 Å². The van der Waals surface area contributed by atoms with Crippen molar-refractivity contribution in [2.45, 2.75) is 25.3 Å². The van der Waals surface area contributed by atoms with E-state index in [1.807, 2.05) is 0 Å². The van der Waals surface area contributed by atoms with Crippen LogP contribution in [0, 0.1) is 0 Å². The Morgan fingerprint density at radius 1 is 1.41 bits per heavy atom. The number of carbonyl (C=O) groups is 2. The Morgan fingerprint density at radius 3 is 2.50 bits per heavy atom. The highest BCUT2D eigenvalue weighted by Gasteiger charge is 2.29. The highest BCUT2D eigenvalue weighted by atomic mass is 35.5. The first-order valence-electron chi connectivity index (χ1n) is 6.59. The topological polar surface area (TPSA) is 122 Å². The van der Waals surface area contributed by atoms with Gasteiger partial charge in [0.1, 0.15) is 6.04 Å². The summed E-state index contributed by atoms with van der Waals surface area (Å²) in [5.74, 6) is -2.32.